The summed E-state index contributed by atoms with van der Waals surface area (Å²) in [4.78, 5) is 0. The largest absolute Gasteiger partial charge is 0.386 e. The van der Waals surface area contributed by atoms with E-state index in [0.29, 0.717) is 0 Å². The molecule has 1 rings (SSSR count). The Labute approximate surface area is 85.2 Å². The molecule has 0 saturated carbocycles. The van der Waals surface area contributed by atoms with E-state index in [4.69, 9.17) is 44.6 Å². The maximum Gasteiger partial charge on any atom is 0.182 e. The van der Waals surface area contributed by atoms with Crippen molar-refractivity contribution in [1.82, 2.24) is 0 Å². The fourth-order valence-electron chi connectivity index (χ4n) is 1.01. The third-order valence-electron chi connectivity index (χ3n) is 1.74. The highest BCUT2D eigenvalue weighted by molar-refractivity contribution is 6.31. The lowest BCUT2D eigenvalue weighted by Crippen LogP contribution is -2.53. The molecule has 1 heterocycles. The predicted molar refractivity (Wildman–Crippen MR) is 46.9 cm³/mol. The highest BCUT2D eigenvalue weighted by atomic mass is 35.5. The Balaban J connectivity index is 2.63. The Kier molecular flexibility index (Phi) is 3.89. The van der Waals surface area contributed by atoms with Crippen molar-refractivity contribution in [1.29, 1.82) is 0 Å². The quantitative estimate of drug-likeness (QED) is 0.652. The third kappa shape index (κ3) is 1.97. The molecule has 1 saturated heterocycles. The van der Waals surface area contributed by atoms with Crippen molar-refractivity contribution in [2.75, 3.05) is 5.88 Å². The van der Waals surface area contributed by atoms with Crippen molar-refractivity contribution in [2.24, 2.45) is 0 Å². The molecular weight excluding hydrogens is 226 g/mol. The Hall–Kier alpha value is 0.750. The minimum absolute atomic E-state index is 0.140. The lowest BCUT2D eigenvalue weighted by molar-refractivity contribution is -0.206. The molecule has 0 aliphatic carbocycles. The molecule has 0 amide bonds. The van der Waals surface area contributed by atoms with Crippen LogP contribution in [0.1, 0.15) is 0 Å². The summed E-state index contributed by atoms with van der Waals surface area (Å²) in [5.74, 6) is 0.140. The van der Waals surface area contributed by atoms with Gasteiger partial charge in [0.05, 0.1) is 22.7 Å². The fraction of sp³-hybridized carbons (Fsp3) is 1.00. The first-order valence-electron chi connectivity index (χ1n) is 3.43. The van der Waals surface area contributed by atoms with Crippen LogP contribution in [0.5, 0.6) is 0 Å². The van der Waals surface area contributed by atoms with E-state index in [1.54, 1.807) is 0 Å². The molecule has 12 heavy (non-hydrogen) atoms. The second kappa shape index (κ2) is 4.31. The Morgan fingerprint density at radius 1 is 1.17 bits per heavy atom. The lowest BCUT2D eigenvalue weighted by Gasteiger charge is -2.36. The van der Waals surface area contributed by atoms with Crippen LogP contribution in [0.4, 0.5) is 0 Å². The highest BCUT2D eigenvalue weighted by Gasteiger charge is 2.42. The van der Waals surface area contributed by atoms with E-state index in [-0.39, 0.29) is 5.88 Å². The van der Waals surface area contributed by atoms with Crippen LogP contribution >= 0.6 is 34.8 Å². The molecule has 5 atom stereocenters. The van der Waals surface area contributed by atoms with E-state index in [2.05, 4.69) is 0 Å². The topological polar surface area (TPSA) is 49.7 Å². The minimum atomic E-state index is -1.30. The van der Waals surface area contributed by atoms with Crippen molar-refractivity contribution < 1.29 is 14.9 Å². The zero-order valence-electron chi connectivity index (χ0n) is 6.03. The number of aliphatic hydroxyl groups excluding tert-OH is 2. The minimum Gasteiger partial charge on any atom is -0.386 e. The maximum atomic E-state index is 9.20. The van der Waals surface area contributed by atoms with Gasteiger partial charge >= 0.3 is 0 Å². The van der Waals surface area contributed by atoms with E-state index in [1.165, 1.54) is 0 Å². The second-order valence-electron chi connectivity index (χ2n) is 2.60. The highest BCUT2D eigenvalue weighted by Crippen LogP contribution is 2.28. The molecule has 0 spiro atoms. The van der Waals surface area contributed by atoms with Gasteiger partial charge in [-0.1, -0.05) is 0 Å². The summed E-state index contributed by atoms with van der Waals surface area (Å²) in [5, 5.41) is 17.0. The number of ether oxygens (including phenoxy) is 1. The van der Waals surface area contributed by atoms with Crippen LogP contribution < -0.4 is 0 Å². The Morgan fingerprint density at radius 2 is 1.75 bits per heavy atom. The lowest BCUT2D eigenvalue weighted by atomic mass is 10.1. The monoisotopic (exact) mass is 234 g/mol. The first kappa shape index (κ1) is 10.8. The van der Waals surface area contributed by atoms with Gasteiger partial charge in [-0.3, -0.25) is 0 Å². The molecule has 72 valence electrons. The molecule has 0 unspecified atom stereocenters. The van der Waals surface area contributed by atoms with Gasteiger partial charge in [-0.15, -0.1) is 34.8 Å². The molecule has 1 aliphatic heterocycles. The molecule has 1 fully saturated rings. The van der Waals surface area contributed by atoms with Crippen molar-refractivity contribution in [3.63, 3.8) is 0 Å². The van der Waals surface area contributed by atoms with E-state index < -0.39 is 29.3 Å². The van der Waals surface area contributed by atoms with Gasteiger partial charge in [0.25, 0.3) is 0 Å². The summed E-state index contributed by atoms with van der Waals surface area (Å²) in [6, 6.07) is 0. The van der Waals surface area contributed by atoms with Gasteiger partial charge in [0.1, 0.15) is 6.10 Å². The molecule has 0 aromatic heterocycles. The van der Waals surface area contributed by atoms with Crippen LogP contribution in [0.3, 0.4) is 0 Å². The predicted octanol–water partition coefficient (Wildman–Crippen LogP) is 0.518. The molecule has 6 heteroatoms. The van der Waals surface area contributed by atoms with Crippen molar-refractivity contribution >= 4 is 34.8 Å². The first-order chi connectivity index (χ1) is 5.57. The average molecular weight is 235 g/mol. The zero-order valence-corrected chi connectivity index (χ0v) is 8.30. The zero-order chi connectivity index (χ0) is 9.30. The number of hydrogen-bond donors (Lipinski definition) is 2. The van der Waals surface area contributed by atoms with Gasteiger partial charge in [-0.05, 0) is 0 Å². The average Bonchev–Trinajstić information content (AvgIpc) is 2.08. The van der Waals surface area contributed by atoms with Crippen LogP contribution in [0, 0.1) is 0 Å². The number of alkyl halides is 3. The molecule has 0 radical (unpaired) electrons. The van der Waals surface area contributed by atoms with Gasteiger partial charge in [-0.25, -0.2) is 0 Å². The number of rotatable bonds is 1. The number of hydrogen-bond acceptors (Lipinski definition) is 3. The van der Waals surface area contributed by atoms with E-state index in [9.17, 15) is 5.11 Å². The molecule has 0 aromatic rings. The number of halogens is 3. The fourth-order valence-corrected chi connectivity index (χ4v) is 1.95. The van der Waals surface area contributed by atoms with Crippen LogP contribution in [0.2, 0.25) is 0 Å². The van der Waals surface area contributed by atoms with E-state index in [1.807, 2.05) is 0 Å². The molecule has 3 nitrogen and oxygen atoms in total. The molecule has 1 aliphatic rings. The smallest absolute Gasteiger partial charge is 0.182 e. The summed E-state index contributed by atoms with van der Waals surface area (Å²) in [5.41, 5.74) is 0. The summed E-state index contributed by atoms with van der Waals surface area (Å²) in [6.45, 7) is 0. The van der Waals surface area contributed by atoms with Gasteiger partial charge in [0, 0.05) is 0 Å². The van der Waals surface area contributed by atoms with Crippen LogP contribution in [0.25, 0.3) is 0 Å². The molecule has 2 N–H and O–H groups in total. The van der Waals surface area contributed by atoms with Crippen LogP contribution in [-0.2, 0) is 4.74 Å². The summed E-state index contributed by atoms with van der Waals surface area (Å²) >= 11 is 17.0. The SMILES string of the molecule is O[C@@H]1[C@H](Cl)[C@H](Cl)[C@H](CCl)O[C@@H]1O. The second-order valence-corrected chi connectivity index (χ2v) is 3.92. The van der Waals surface area contributed by atoms with Crippen molar-refractivity contribution in [2.45, 2.75) is 29.3 Å². The van der Waals surface area contributed by atoms with Crippen LogP contribution in [-0.4, -0.2) is 45.3 Å². The molecule has 0 bridgehead atoms. The normalized spacial score (nSPS) is 49.2. The summed E-state index contributed by atoms with van der Waals surface area (Å²) in [6.07, 6.45) is -2.98. The van der Waals surface area contributed by atoms with Gasteiger partial charge in [-0.2, -0.15) is 0 Å². The Bertz CT molecular complexity index is 152. The Morgan fingerprint density at radius 3 is 2.25 bits per heavy atom. The van der Waals surface area contributed by atoms with E-state index in [0.717, 1.165) is 0 Å². The van der Waals surface area contributed by atoms with Crippen LogP contribution in [0.15, 0.2) is 0 Å². The molecular formula is C6H9Cl3O3. The summed E-state index contributed by atoms with van der Waals surface area (Å²) < 4.78 is 4.89. The van der Waals surface area contributed by atoms with Gasteiger partial charge in [0.15, 0.2) is 6.29 Å². The van der Waals surface area contributed by atoms with Gasteiger partial charge < -0.3 is 14.9 Å². The summed E-state index contributed by atoms with van der Waals surface area (Å²) in [7, 11) is 0. The first-order valence-corrected chi connectivity index (χ1v) is 4.84. The van der Waals surface area contributed by atoms with E-state index >= 15 is 0 Å². The van der Waals surface area contributed by atoms with Crippen molar-refractivity contribution in [3.05, 3.63) is 0 Å². The molecule has 0 aromatic carbocycles. The maximum absolute atomic E-state index is 9.20. The standard InChI is InChI=1S/C6H9Cl3O3/c7-1-2-3(8)4(9)5(10)6(11)12-2/h2-6,10-11H,1H2/t2-,3+,4+,5+,6-/m0/s1. The number of aliphatic hydroxyl groups is 2. The van der Waals surface area contributed by atoms with Crippen molar-refractivity contribution in [3.8, 4) is 0 Å². The third-order valence-corrected chi connectivity index (χ3v) is 3.26. The van der Waals surface area contributed by atoms with Gasteiger partial charge in [0.2, 0.25) is 0 Å².